The second kappa shape index (κ2) is 10.5. The molecule has 1 saturated carbocycles. The van der Waals surface area contributed by atoms with Crippen LogP contribution in [0.4, 0.5) is 4.79 Å². The van der Waals surface area contributed by atoms with E-state index in [0.29, 0.717) is 19.3 Å². The predicted octanol–water partition coefficient (Wildman–Crippen LogP) is 4.70. The molecule has 3 N–H and O–H groups in total. The normalized spacial score (nSPS) is 20.4. The molecule has 1 unspecified atom stereocenters. The Morgan fingerprint density at radius 2 is 1.66 bits per heavy atom. The lowest BCUT2D eigenvalue weighted by atomic mass is 9.87. The highest BCUT2D eigenvalue weighted by Gasteiger charge is 2.33. The highest BCUT2D eigenvalue weighted by Crippen LogP contribution is 2.44. The molecule has 0 saturated heterocycles. The molecule has 2 aliphatic carbocycles. The van der Waals surface area contributed by atoms with Gasteiger partial charge >= 0.3 is 12.1 Å². The number of hydrogen-bond donors (Lipinski definition) is 3. The number of carbonyl (C=O) groups is 3. The lowest BCUT2D eigenvalue weighted by molar-refractivity contribution is -0.148. The van der Waals surface area contributed by atoms with Crippen LogP contribution in [0.15, 0.2) is 48.5 Å². The molecule has 0 heterocycles. The van der Waals surface area contributed by atoms with E-state index >= 15 is 0 Å². The number of nitrogens with one attached hydrogen (secondary N) is 2. The van der Waals surface area contributed by atoms with Crippen molar-refractivity contribution in [2.24, 2.45) is 11.3 Å². The molecule has 2 aromatic carbocycles. The maximum absolute atomic E-state index is 12.6. The van der Waals surface area contributed by atoms with Crippen LogP contribution in [0, 0.1) is 11.3 Å². The zero-order valence-corrected chi connectivity index (χ0v) is 20.4. The first-order chi connectivity index (χ1) is 16.8. The molecule has 2 amide bonds. The number of alkyl carbamates (subject to hydrolysis) is 1. The summed E-state index contributed by atoms with van der Waals surface area (Å²) < 4.78 is 5.64. The van der Waals surface area contributed by atoms with Gasteiger partial charge in [-0.1, -0.05) is 55.5 Å². The van der Waals surface area contributed by atoms with Gasteiger partial charge in [-0.3, -0.25) is 9.59 Å². The summed E-state index contributed by atoms with van der Waals surface area (Å²) in [6.45, 7) is 3.83. The molecule has 0 spiro atoms. The van der Waals surface area contributed by atoms with E-state index in [1.54, 1.807) is 13.8 Å². The molecule has 186 valence electrons. The minimum Gasteiger partial charge on any atom is -0.481 e. The van der Waals surface area contributed by atoms with Gasteiger partial charge in [-0.25, -0.2) is 4.79 Å². The number of carboxylic acids is 1. The summed E-state index contributed by atoms with van der Waals surface area (Å²) >= 11 is 0. The molecule has 4 rings (SSSR count). The molecule has 0 aromatic heterocycles. The van der Waals surface area contributed by atoms with Crippen molar-refractivity contribution >= 4 is 18.0 Å². The Labute approximate surface area is 206 Å². The third-order valence-corrected chi connectivity index (χ3v) is 7.65. The molecule has 2 aliphatic rings. The van der Waals surface area contributed by atoms with Gasteiger partial charge in [0.05, 0.1) is 5.41 Å². The van der Waals surface area contributed by atoms with E-state index in [9.17, 15) is 19.5 Å². The van der Waals surface area contributed by atoms with Crippen LogP contribution in [-0.2, 0) is 14.3 Å². The fourth-order valence-electron chi connectivity index (χ4n) is 5.18. The Bertz CT molecular complexity index is 1050. The molecule has 0 radical (unpaired) electrons. The van der Waals surface area contributed by atoms with Gasteiger partial charge in [-0.2, -0.15) is 0 Å². The Morgan fingerprint density at radius 1 is 1.03 bits per heavy atom. The summed E-state index contributed by atoms with van der Waals surface area (Å²) in [6.07, 6.45) is 2.69. The van der Waals surface area contributed by atoms with Crippen molar-refractivity contribution in [3.8, 4) is 11.1 Å². The quantitative estimate of drug-likeness (QED) is 0.485. The van der Waals surface area contributed by atoms with Crippen LogP contribution in [-0.4, -0.2) is 42.3 Å². The first-order valence-corrected chi connectivity index (χ1v) is 12.4. The minimum atomic E-state index is -0.959. The number of benzene rings is 2. The van der Waals surface area contributed by atoms with Crippen LogP contribution in [0.1, 0.15) is 63.0 Å². The zero-order valence-electron chi connectivity index (χ0n) is 20.4. The molecule has 7 nitrogen and oxygen atoms in total. The first kappa shape index (κ1) is 24.8. The van der Waals surface area contributed by atoms with Crippen molar-refractivity contribution in [3.63, 3.8) is 0 Å². The minimum absolute atomic E-state index is 0.0211. The third kappa shape index (κ3) is 5.50. The van der Waals surface area contributed by atoms with Crippen molar-refractivity contribution < 1.29 is 24.2 Å². The third-order valence-electron chi connectivity index (χ3n) is 7.65. The fourth-order valence-corrected chi connectivity index (χ4v) is 5.18. The van der Waals surface area contributed by atoms with Crippen LogP contribution in [0.5, 0.6) is 0 Å². The average molecular weight is 479 g/mol. The summed E-state index contributed by atoms with van der Waals surface area (Å²) in [5, 5.41) is 15.1. The monoisotopic (exact) mass is 478 g/mol. The molecule has 2 aromatic rings. The molecular weight excluding hydrogens is 444 g/mol. The molecule has 1 fully saturated rings. The van der Waals surface area contributed by atoms with Crippen LogP contribution in [0.3, 0.4) is 0 Å². The standard InChI is InChI=1S/C28H34N2O5/c1-3-28(2,26(32)33)17-29-25(31)15-18-12-13-19(14-18)30-27(34)35-16-24-22-10-6-4-8-20(22)21-9-5-7-11-23(21)24/h4-11,18-19,24H,3,12-17H2,1-2H3,(H,29,31)(H,30,34)(H,32,33)/t18-,19+,28?/m1/s1. The number of carboxylic acid groups (broad SMARTS) is 1. The number of hydrogen-bond acceptors (Lipinski definition) is 4. The van der Waals surface area contributed by atoms with E-state index in [1.807, 2.05) is 24.3 Å². The summed E-state index contributed by atoms with van der Waals surface area (Å²) in [7, 11) is 0. The number of aliphatic carboxylic acids is 1. The van der Waals surface area contributed by atoms with Crippen molar-refractivity contribution in [1.82, 2.24) is 10.6 Å². The Kier molecular flexibility index (Phi) is 7.43. The van der Waals surface area contributed by atoms with Gasteiger partial charge in [0.15, 0.2) is 0 Å². The number of ether oxygens (including phenoxy) is 1. The Balaban J connectivity index is 1.23. The SMILES string of the molecule is CCC(C)(CNC(=O)C[C@@H]1CC[C@H](NC(=O)OCC2c3ccccc3-c3ccccc32)C1)C(=O)O. The Hall–Kier alpha value is -3.35. The van der Waals surface area contributed by atoms with E-state index in [0.717, 1.165) is 12.8 Å². The van der Waals surface area contributed by atoms with Crippen LogP contribution in [0.2, 0.25) is 0 Å². The zero-order chi connectivity index (χ0) is 25.0. The van der Waals surface area contributed by atoms with Gasteiger partial charge in [0.2, 0.25) is 5.91 Å². The van der Waals surface area contributed by atoms with Gasteiger partial charge in [0.1, 0.15) is 6.61 Å². The van der Waals surface area contributed by atoms with Gasteiger partial charge in [-0.05, 0) is 60.8 Å². The summed E-state index contributed by atoms with van der Waals surface area (Å²) in [6, 6.07) is 16.4. The van der Waals surface area contributed by atoms with Gasteiger partial charge < -0.3 is 20.5 Å². The maximum atomic E-state index is 12.6. The van der Waals surface area contributed by atoms with E-state index in [2.05, 4.69) is 34.9 Å². The molecule has 7 heteroatoms. The molecular formula is C28H34N2O5. The number of rotatable bonds is 9. The van der Waals surface area contributed by atoms with Gasteiger partial charge in [0, 0.05) is 24.9 Å². The molecule has 3 atom stereocenters. The lowest BCUT2D eigenvalue weighted by Crippen LogP contribution is -2.41. The summed E-state index contributed by atoms with van der Waals surface area (Å²) in [5.41, 5.74) is 3.78. The lowest BCUT2D eigenvalue weighted by Gasteiger charge is -2.23. The van der Waals surface area contributed by atoms with Gasteiger partial charge in [-0.15, -0.1) is 0 Å². The smallest absolute Gasteiger partial charge is 0.407 e. The number of amides is 2. The summed E-state index contributed by atoms with van der Waals surface area (Å²) in [5.74, 6) is -0.870. The molecule has 0 bridgehead atoms. The second-order valence-electron chi connectivity index (χ2n) is 10.0. The first-order valence-electron chi connectivity index (χ1n) is 12.4. The maximum Gasteiger partial charge on any atom is 0.407 e. The van der Waals surface area contributed by atoms with Crippen LogP contribution in [0.25, 0.3) is 11.1 Å². The number of carbonyl (C=O) groups excluding carboxylic acids is 2. The largest absolute Gasteiger partial charge is 0.481 e. The van der Waals surface area contributed by atoms with E-state index < -0.39 is 17.5 Å². The van der Waals surface area contributed by atoms with E-state index in [-0.39, 0.29) is 36.9 Å². The molecule has 35 heavy (non-hydrogen) atoms. The van der Waals surface area contributed by atoms with E-state index in [4.69, 9.17) is 4.74 Å². The summed E-state index contributed by atoms with van der Waals surface area (Å²) in [4.78, 5) is 36.3. The fraction of sp³-hybridized carbons (Fsp3) is 0.464. The Morgan fingerprint density at radius 3 is 2.26 bits per heavy atom. The van der Waals surface area contributed by atoms with Crippen molar-refractivity contribution in [3.05, 3.63) is 59.7 Å². The topological polar surface area (TPSA) is 105 Å². The average Bonchev–Trinajstić information content (AvgIpc) is 3.42. The van der Waals surface area contributed by atoms with E-state index in [1.165, 1.54) is 22.3 Å². The van der Waals surface area contributed by atoms with Crippen molar-refractivity contribution in [2.45, 2.75) is 57.9 Å². The van der Waals surface area contributed by atoms with Gasteiger partial charge in [0.25, 0.3) is 0 Å². The van der Waals surface area contributed by atoms with Crippen molar-refractivity contribution in [2.75, 3.05) is 13.2 Å². The van der Waals surface area contributed by atoms with Crippen LogP contribution < -0.4 is 10.6 Å². The highest BCUT2D eigenvalue weighted by atomic mass is 16.5. The highest BCUT2D eigenvalue weighted by molar-refractivity contribution is 5.80. The predicted molar refractivity (Wildman–Crippen MR) is 133 cm³/mol. The number of fused-ring (bicyclic) bond motifs is 3. The van der Waals surface area contributed by atoms with Crippen LogP contribution >= 0.6 is 0 Å². The molecule has 0 aliphatic heterocycles. The van der Waals surface area contributed by atoms with Crippen molar-refractivity contribution in [1.29, 1.82) is 0 Å². The second-order valence-corrected chi connectivity index (χ2v) is 10.0.